The van der Waals surface area contributed by atoms with Gasteiger partial charge in [-0.2, -0.15) is 0 Å². The van der Waals surface area contributed by atoms with Gasteiger partial charge in [-0.1, -0.05) is 13.3 Å². The van der Waals surface area contributed by atoms with Crippen LogP contribution in [0.5, 0.6) is 0 Å². The molecule has 1 saturated heterocycles. The Balaban J connectivity index is 2.05. The van der Waals surface area contributed by atoms with Crippen LogP contribution in [0.15, 0.2) is 22.8 Å². The van der Waals surface area contributed by atoms with Gasteiger partial charge in [-0.25, -0.2) is 4.79 Å². The number of furan rings is 1. The third-order valence-electron chi connectivity index (χ3n) is 4.49. The van der Waals surface area contributed by atoms with Gasteiger partial charge in [0, 0.05) is 33.8 Å². The van der Waals surface area contributed by atoms with Gasteiger partial charge in [0.25, 0.3) is 0 Å². The van der Waals surface area contributed by atoms with Crippen LogP contribution >= 0.6 is 0 Å². The molecule has 1 aromatic rings. The van der Waals surface area contributed by atoms with Gasteiger partial charge in [-0.15, -0.1) is 0 Å². The summed E-state index contributed by atoms with van der Waals surface area (Å²) in [6.07, 6.45) is 5.48. The summed E-state index contributed by atoms with van der Waals surface area (Å²) in [5, 5.41) is 0. The van der Waals surface area contributed by atoms with E-state index >= 15 is 0 Å². The third-order valence-corrected chi connectivity index (χ3v) is 4.49. The van der Waals surface area contributed by atoms with E-state index in [9.17, 15) is 9.59 Å². The van der Waals surface area contributed by atoms with E-state index in [0.29, 0.717) is 19.6 Å². The zero-order valence-electron chi connectivity index (χ0n) is 16.1. The highest BCUT2D eigenvalue weighted by Crippen LogP contribution is 2.16. The van der Waals surface area contributed by atoms with Gasteiger partial charge in [0.15, 0.2) is 0 Å². The van der Waals surface area contributed by atoms with Crippen molar-refractivity contribution >= 4 is 11.9 Å². The minimum absolute atomic E-state index is 0.0579. The van der Waals surface area contributed by atoms with E-state index < -0.39 is 0 Å². The van der Waals surface area contributed by atoms with Crippen molar-refractivity contribution in [2.45, 2.75) is 45.3 Å². The highest BCUT2D eigenvalue weighted by atomic mass is 16.5. The first-order chi connectivity index (χ1) is 12.5. The maximum absolute atomic E-state index is 13.0. The van der Waals surface area contributed by atoms with E-state index in [1.165, 1.54) is 4.90 Å². The monoisotopic (exact) mass is 365 g/mol. The minimum Gasteiger partial charge on any atom is -0.467 e. The molecule has 0 saturated carbocycles. The van der Waals surface area contributed by atoms with Crippen LogP contribution in [0.25, 0.3) is 0 Å². The Morgan fingerprint density at radius 2 is 2.08 bits per heavy atom. The summed E-state index contributed by atoms with van der Waals surface area (Å²) in [4.78, 5) is 30.3. The standard InChI is InChI=1S/C19H31N3O4/c1-4-5-10-21(19(24)20(2)3)15-18(23)22(13-16-8-6-11-25-16)14-17-9-7-12-26-17/h6,8,11,17H,4-5,7,9-10,12-15H2,1-3H3/t17-/m0/s1. The van der Waals surface area contributed by atoms with Crippen LogP contribution < -0.4 is 0 Å². The topological polar surface area (TPSA) is 66.2 Å². The summed E-state index contributed by atoms with van der Waals surface area (Å²) in [7, 11) is 3.41. The van der Waals surface area contributed by atoms with E-state index in [2.05, 4.69) is 6.92 Å². The third kappa shape index (κ3) is 6.05. The molecule has 146 valence electrons. The molecule has 0 N–H and O–H groups in total. The molecular weight excluding hydrogens is 334 g/mol. The van der Waals surface area contributed by atoms with Gasteiger partial charge < -0.3 is 23.9 Å². The van der Waals surface area contributed by atoms with Crippen molar-refractivity contribution in [3.63, 3.8) is 0 Å². The molecule has 2 rings (SSSR count). The second-order valence-electron chi connectivity index (χ2n) is 6.94. The lowest BCUT2D eigenvalue weighted by Gasteiger charge is -2.30. The SMILES string of the molecule is CCCCN(CC(=O)N(Cc1ccco1)C[C@@H]1CCCO1)C(=O)N(C)C. The van der Waals surface area contributed by atoms with Crippen molar-refractivity contribution in [2.24, 2.45) is 0 Å². The largest absolute Gasteiger partial charge is 0.467 e. The van der Waals surface area contributed by atoms with Crippen LogP contribution in [0, 0.1) is 0 Å². The number of amides is 3. The number of unbranched alkanes of at least 4 members (excludes halogenated alkanes) is 1. The molecular formula is C19H31N3O4. The molecule has 1 aliphatic heterocycles. The number of carbonyl (C=O) groups excluding carboxylic acids is 2. The Hall–Kier alpha value is -2.02. The number of carbonyl (C=O) groups is 2. The second-order valence-corrected chi connectivity index (χ2v) is 6.94. The van der Waals surface area contributed by atoms with Gasteiger partial charge in [0.1, 0.15) is 12.3 Å². The van der Waals surface area contributed by atoms with Gasteiger partial charge in [0.2, 0.25) is 5.91 Å². The predicted molar refractivity (Wildman–Crippen MR) is 98.7 cm³/mol. The predicted octanol–water partition coefficient (Wildman–Crippen LogP) is 2.57. The molecule has 0 aromatic carbocycles. The number of hydrogen-bond acceptors (Lipinski definition) is 4. The fraction of sp³-hybridized carbons (Fsp3) is 0.684. The Morgan fingerprint density at radius 1 is 1.27 bits per heavy atom. The smallest absolute Gasteiger partial charge is 0.319 e. The molecule has 26 heavy (non-hydrogen) atoms. The fourth-order valence-corrected chi connectivity index (χ4v) is 3.02. The molecule has 7 nitrogen and oxygen atoms in total. The summed E-state index contributed by atoms with van der Waals surface area (Å²) >= 11 is 0. The number of ether oxygens (including phenoxy) is 1. The lowest BCUT2D eigenvalue weighted by molar-refractivity contribution is -0.134. The molecule has 3 amide bonds. The van der Waals surface area contributed by atoms with Crippen molar-refractivity contribution in [1.82, 2.24) is 14.7 Å². The summed E-state index contributed by atoms with van der Waals surface area (Å²) in [6, 6.07) is 3.53. The van der Waals surface area contributed by atoms with Crippen LogP contribution in [0.3, 0.4) is 0 Å². The van der Waals surface area contributed by atoms with E-state index in [0.717, 1.165) is 38.1 Å². The average molecular weight is 365 g/mol. The molecule has 1 atom stereocenters. The maximum atomic E-state index is 13.0. The van der Waals surface area contributed by atoms with Crippen LogP contribution in [-0.2, 0) is 16.1 Å². The van der Waals surface area contributed by atoms with E-state index in [1.807, 2.05) is 12.1 Å². The Kier molecular flexibility index (Phi) is 7.97. The van der Waals surface area contributed by atoms with Gasteiger partial charge in [-0.3, -0.25) is 4.79 Å². The Bertz CT molecular complexity index is 553. The van der Waals surface area contributed by atoms with Gasteiger partial charge in [0.05, 0.1) is 18.9 Å². The average Bonchev–Trinajstić information content (AvgIpc) is 3.31. The number of hydrogen-bond donors (Lipinski definition) is 0. The van der Waals surface area contributed by atoms with E-state index in [-0.39, 0.29) is 24.6 Å². The zero-order valence-corrected chi connectivity index (χ0v) is 16.1. The zero-order chi connectivity index (χ0) is 18.9. The summed E-state index contributed by atoms with van der Waals surface area (Å²) in [6.45, 7) is 4.38. The van der Waals surface area contributed by atoms with E-state index in [4.69, 9.17) is 9.15 Å². The van der Waals surface area contributed by atoms with Crippen LogP contribution in [-0.4, -0.2) is 73.1 Å². The number of nitrogens with zero attached hydrogens (tertiary/aromatic N) is 3. The number of urea groups is 1. The Labute approximate surface area is 155 Å². The molecule has 1 fully saturated rings. The van der Waals surface area contributed by atoms with Crippen LogP contribution in [0.2, 0.25) is 0 Å². The first-order valence-corrected chi connectivity index (χ1v) is 9.39. The summed E-state index contributed by atoms with van der Waals surface area (Å²) in [5.74, 6) is 0.651. The molecule has 7 heteroatoms. The van der Waals surface area contributed by atoms with Crippen molar-refractivity contribution in [3.8, 4) is 0 Å². The van der Waals surface area contributed by atoms with Crippen molar-refractivity contribution in [3.05, 3.63) is 24.2 Å². The number of rotatable bonds is 9. The van der Waals surface area contributed by atoms with Crippen molar-refractivity contribution < 1.29 is 18.7 Å². The molecule has 1 aromatic heterocycles. The normalized spacial score (nSPS) is 16.5. The van der Waals surface area contributed by atoms with Gasteiger partial charge >= 0.3 is 6.03 Å². The molecule has 0 unspecified atom stereocenters. The molecule has 1 aliphatic rings. The quantitative estimate of drug-likeness (QED) is 0.675. The highest BCUT2D eigenvalue weighted by Gasteiger charge is 2.26. The lowest BCUT2D eigenvalue weighted by atomic mass is 10.2. The lowest BCUT2D eigenvalue weighted by Crippen LogP contribution is -2.47. The first-order valence-electron chi connectivity index (χ1n) is 9.39. The fourth-order valence-electron chi connectivity index (χ4n) is 3.02. The van der Waals surface area contributed by atoms with Crippen LogP contribution in [0.4, 0.5) is 4.79 Å². The molecule has 0 aliphatic carbocycles. The molecule has 0 radical (unpaired) electrons. The molecule has 2 heterocycles. The summed E-state index contributed by atoms with van der Waals surface area (Å²) < 4.78 is 11.1. The molecule has 0 spiro atoms. The van der Waals surface area contributed by atoms with Crippen molar-refractivity contribution in [1.29, 1.82) is 0 Å². The highest BCUT2D eigenvalue weighted by molar-refractivity contribution is 5.84. The summed E-state index contributed by atoms with van der Waals surface area (Å²) in [5.41, 5.74) is 0. The van der Waals surface area contributed by atoms with Gasteiger partial charge in [-0.05, 0) is 31.4 Å². The second kappa shape index (κ2) is 10.2. The van der Waals surface area contributed by atoms with E-state index in [1.54, 1.807) is 30.2 Å². The minimum atomic E-state index is -0.137. The maximum Gasteiger partial charge on any atom is 0.319 e. The van der Waals surface area contributed by atoms with Crippen molar-refractivity contribution in [2.75, 3.05) is 40.3 Å². The Morgan fingerprint density at radius 3 is 2.65 bits per heavy atom. The molecule has 0 bridgehead atoms. The first kappa shape index (κ1) is 20.3. The van der Waals surface area contributed by atoms with Crippen LogP contribution in [0.1, 0.15) is 38.4 Å².